The maximum absolute atomic E-state index is 13.9. The second-order valence-electron chi connectivity index (χ2n) is 6.42. The van der Waals surface area contributed by atoms with Gasteiger partial charge in [-0.05, 0) is 30.2 Å². The van der Waals surface area contributed by atoms with Gasteiger partial charge in [-0.2, -0.15) is 4.31 Å². The van der Waals surface area contributed by atoms with Crippen LogP contribution in [0.25, 0.3) is 0 Å². The van der Waals surface area contributed by atoms with Gasteiger partial charge in [0, 0.05) is 12.1 Å². The molecule has 6 nitrogen and oxygen atoms in total. The van der Waals surface area contributed by atoms with E-state index in [4.69, 9.17) is 4.74 Å². The number of benzene rings is 2. The van der Waals surface area contributed by atoms with Gasteiger partial charge in [0.15, 0.2) is 0 Å². The fourth-order valence-electron chi connectivity index (χ4n) is 2.76. The topological polar surface area (TPSA) is 75.7 Å². The minimum Gasteiger partial charge on any atom is -0.497 e. The van der Waals surface area contributed by atoms with E-state index in [9.17, 15) is 17.6 Å². The van der Waals surface area contributed by atoms with Crippen molar-refractivity contribution in [2.45, 2.75) is 25.9 Å². The number of methoxy groups -OCH3 is 1. The van der Waals surface area contributed by atoms with Crippen molar-refractivity contribution in [3.8, 4) is 5.75 Å². The number of hydrogen-bond acceptors (Lipinski definition) is 4. The molecule has 0 radical (unpaired) electrons. The number of carbonyl (C=O) groups is 1. The van der Waals surface area contributed by atoms with E-state index in [1.165, 1.54) is 18.2 Å². The monoisotopic (exact) mass is 408 g/mol. The molecule has 0 heterocycles. The third kappa shape index (κ3) is 6.03. The largest absolute Gasteiger partial charge is 0.497 e. The third-order valence-corrected chi connectivity index (χ3v) is 5.55. The highest BCUT2D eigenvalue weighted by Gasteiger charge is 2.23. The van der Waals surface area contributed by atoms with E-state index in [0.717, 1.165) is 16.1 Å². The Morgan fingerprint density at radius 3 is 2.36 bits per heavy atom. The smallest absolute Gasteiger partial charge is 0.235 e. The van der Waals surface area contributed by atoms with Crippen LogP contribution in [0, 0.1) is 5.82 Å². The zero-order chi connectivity index (χ0) is 20.7. The number of carbonyl (C=O) groups excluding carboxylic acids is 1. The zero-order valence-corrected chi connectivity index (χ0v) is 17.0. The summed E-state index contributed by atoms with van der Waals surface area (Å²) in [7, 11) is -2.13. The number of hydrogen-bond donors (Lipinski definition) is 1. The molecule has 0 saturated heterocycles. The fraction of sp³-hybridized carbons (Fsp3) is 0.350. The highest BCUT2D eigenvalue weighted by molar-refractivity contribution is 7.88. The minimum absolute atomic E-state index is 0.210. The lowest BCUT2D eigenvalue weighted by atomic mass is 10.0. The Kier molecular flexibility index (Phi) is 7.53. The molecule has 0 bridgehead atoms. The molecule has 1 amide bonds. The van der Waals surface area contributed by atoms with Gasteiger partial charge in [0.2, 0.25) is 15.9 Å². The van der Waals surface area contributed by atoms with Crippen molar-refractivity contribution in [1.82, 2.24) is 9.62 Å². The molecule has 2 aromatic carbocycles. The van der Waals surface area contributed by atoms with Crippen LogP contribution in [0.4, 0.5) is 4.39 Å². The van der Waals surface area contributed by atoms with E-state index in [1.54, 1.807) is 25.3 Å². The van der Waals surface area contributed by atoms with Crippen molar-refractivity contribution in [2.75, 3.05) is 19.9 Å². The summed E-state index contributed by atoms with van der Waals surface area (Å²) in [5.74, 6) is -0.260. The van der Waals surface area contributed by atoms with Crippen LogP contribution >= 0.6 is 0 Å². The number of amides is 1. The van der Waals surface area contributed by atoms with Gasteiger partial charge >= 0.3 is 0 Å². The summed E-state index contributed by atoms with van der Waals surface area (Å²) >= 11 is 0. The Labute approximate surface area is 165 Å². The van der Waals surface area contributed by atoms with Crippen molar-refractivity contribution in [2.24, 2.45) is 0 Å². The molecule has 0 aromatic heterocycles. The van der Waals surface area contributed by atoms with E-state index in [2.05, 4.69) is 5.32 Å². The number of rotatable bonds is 9. The van der Waals surface area contributed by atoms with E-state index >= 15 is 0 Å². The highest BCUT2D eigenvalue weighted by atomic mass is 32.2. The number of sulfonamides is 1. The van der Waals surface area contributed by atoms with Crippen molar-refractivity contribution in [3.63, 3.8) is 0 Å². The molecule has 0 spiro atoms. The van der Waals surface area contributed by atoms with Crippen molar-refractivity contribution >= 4 is 15.9 Å². The van der Waals surface area contributed by atoms with Crippen molar-refractivity contribution in [1.29, 1.82) is 0 Å². The van der Waals surface area contributed by atoms with E-state index in [-0.39, 0.29) is 24.7 Å². The summed E-state index contributed by atoms with van der Waals surface area (Å²) < 4.78 is 44.2. The number of nitrogens with one attached hydrogen (secondary N) is 1. The minimum atomic E-state index is -3.70. The first kappa shape index (κ1) is 21.8. The van der Waals surface area contributed by atoms with E-state index in [1.807, 2.05) is 19.1 Å². The molecule has 2 rings (SSSR count). The summed E-state index contributed by atoms with van der Waals surface area (Å²) in [6.45, 7) is 1.32. The predicted molar refractivity (Wildman–Crippen MR) is 106 cm³/mol. The average molecular weight is 408 g/mol. The van der Waals surface area contributed by atoms with Gasteiger partial charge in [0.25, 0.3) is 0 Å². The summed E-state index contributed by atoms with van der Waals surface area (Å²) in [5.41, 5.74) is 1.10. The number of halogens is 1. The first-order chi connectivity index (χ1) is 13.2. The molecule has 0 aliphatic heterocycles. The Morgan fingerprint density at radius 1 is 1.18 bits per heavy atom. The zero-order valence-electron chi connectivity index (χ0n) is 16.2. The van der Waals surface area contributed by atoms with E-state index < -0.39 is 21.7 Å². The van der Waals surface area contributed by atoms with Crippen LogP contribution in [-0.4, -0.2) is 38.5 Å². The van der Waals surface area contributed by atoms with Crippen molar-refractivity contribution in [3.05, 3.63) is 65.5 Å². The van der Waals surface area contributed by atoms with Crippen LogP contribution in [0.15, 0.2) is 48.5 Å². The first-order valence-corrected chi connectivity index (χ1v) is 10.7. The van der Waals surface area contributed by atoms with Crippen LogP contribution in [0.2, 0.25) is 0 Å². The second kappa shape index (κ2) is 9.66. The Hall–Kier alpha value is -2.45. The number of ether oxygens (including phenoxy) is 1. The molecule has 0 fully saturated rings. The Balaban J connectivity index is 2.10. The van der Waals surface area contributed by atoms with Gasteiger partial charge < -0.3 is 10.1 Å². The molecule has 2 aromatic rings. The first-order valence-electron chi connectivity index (χ1n) is 8.86. The van der Waals surface area contributed by atoms with Crippen molar-refractivity contribution < 1.29 is 22.3 Å². The molecular formula is C20H25FN2O4S. The molecule has 152 valence electrons. The van der Waals surface area contributed by atoms with Gasteiger partial charge in [-0.15, -0.1) is 0 Å². The molecule has 0 aliphatic carbocycles. The lowest BCUT2D eigenvalue weighted by Gasteiger charge is -2.23. The average Bonchev–Trinajstić information content (AvgIpc) is 2.66. The highest BCUT2D eigenvalue weighted by Crippen LogP contribution is 2.20. The third-order valence-electron chi connectivity index (χ3n) is 4.36. The van der Waals surface area contributed by atoms with Gasteiger partial charge in [0.05, 0.1) is 26.0 Å². The normalized spacial score (nSPS) is 12.6. The molecular weight excluding hydrogens is 383 g/mol. The van der Waals surface area contributed by atoms with E-state index in [0.29, 0.717) is 12.2 Å². The summed E-state index contributed by atoms with van der Waals surface area (Å²) in [4.78, 5) is 12.5. The maximum Gasteiger partial charge on any atom is 0.235 e. The standard InChI is InChI=1S/C20H25FN2O4S/c1-4-19(15-9-11-17(27-2)12-10-15)22-20(24)14-23(28(3,25)26)13-16-7-5-6-8-18(16)21/h5-12,19H,4,13-14H2,1-3H3,(H,22,24)/t19-/m1/s1. The van der Waals surface area contributed by atoms with Crippen LogP contribution < -0.4 is 10.1 Å². The molecule has 1 N–H and O–H groups in total. The molecule has 8 heteroatoms. The second-order valence-corrected chi connectivity index (χ2v) is 8.41. The summed E-state index contributed by atoms with van der Waals surface area (Å²) in [6.07, 6.45) is 1.63. The van der Waals surface area contributed by atoms with Gasteiger partial charge in [-0.25, -0.2) is 12.8 Å². The molecule has 0 aliphatic rings. The molecule has 1 atom stereocenters. The molecule has 0 saturated carbocycles. The maximum atomic E-state index is 13.9. The fourth-order valence-corrected chi connectivity index (χ4v) is 3.49. The van der Waals surface area contributed by atoms with Crippen LogP contribution in [0.1, 0.15) is 30.5 Å². The van der Waals surface area contributed by atoms with Gasteiger partial charge in [0.1, 0.15) is 11.6 Å². The molecule has 0 unspecified atom stereocenters. The SMILES string of the molecule is CC[C@@H](NC(=O)CN(Cc1ccccc1F)S(C)(=O)=O)c1ccc(OC)cc1. The van der Waals surface area contributed by atoms with Gasteiger partial charge in [-0.1, -0.05) is 37.3 Å². The summed E-state index contributed by atoms with van der Waals surface area (Å²) in [6, 6.07) is 12.9. The van der Waals surface area contributed by atoms with Crippen LogP contribution in [0.5, 0.6) is 5.75 Å². The Morgan fingerprint density at radius 2 is 1.82 bits per heavy atom. The van der Waals surface area contributed by atoms with Crippen LogP contribution in [-0.2, 0) is 21.4 Å². The van der Waals surface area contributed by atoms with Crippen LogP contribution in [0.3, 0.4) is 0 Å². The van der Waals surface area contributed by atoms with Gasteiger partial charge in [-0.3, -0.25) is 4.79 Å². The summed E-state index contributed by atoms with van der Waals surface area (Å²) in [5, 5.41) is 2.84. The lowest BCUT2D eigenvalue weighted by molar-refractivity contribution is -0.122. The lowest BCUT2D eigenvalue weighted by Crippen LogP contribution is -2.41. The number of nitrogens with zero attached hydrogens (tertiary/aromatic N) is 1. The quantitative estimate of drug-likeness (QED) is 0.692. The Bertz CT molecular complexity index is 901. The predicted octanol–water partition coefficient (Wildman–Crippen LogP) is 2.86. The molecule has 28 heavy (non-hydrogen) atoms.